The van der Waals surface area contributed by atoms with E-state index in [9.17, 15) is 4.39 Å². The highest BCUT2D eigenvalue weighted by atomic mass is 19.1. The van der Waals surface area contributed by atoms with Gasteiger partial charge in [0.1, 0.15) is 6.17 Å². The Kier molecular flexibility index (Phi) is 4.11. The second kappa shape index (κ2) is 6.36. The van der Waals surface area contributed by atoms with Crippen LogP contribution < -0.4 is 0 Å². The van der Waals surface area contributed by atoms with Gasteiger partial charge in [-0.3, -0.25) is 0 Å². The van der Waals surface area contributed by atoms with Crippen molar-refractivity contribution in [2.75, 3.05) is 0 Å². The monoisotopic (exact) mass is 276 g/mol. The van der Waals surface area contributed by atoms with Gasteiger partial charge in [-0.05, 0) is 22.3 Å². The molecule has 3 aromatic rings. The lowest BCUT2D eigenvalue weighted by Gasteiger charge is -2.10. The van der Waals surface area contributed by atoms with E-state index >= 15 is 0 Å². The summed E-state index contributed by atoms with van der Waals surface area (Å²) in [6, 6.07) is 27.7. The quantitative estimate of drug-likeness (QED) is 0.581. The maximum Gasteiger partial charge on any atom is 0.129 e. The van der Waals surface area contributed by atoms with Gasteiger partial charge in [0.05, 0.1) is 0 Å². The minimum Gasteiger partial charge on any atom is -0.242 e. The third-order valence-electron chi connectivity index (χ3n) is 3.64. The van der Waals surface area contributed by atoms with Crippen molar-refractivity contribution < 1.29 is 4.39 Å². The minimum atomic E-state index is -0.961. The van der Waals surface area contributed by atoms with Crippen molar-refractivity contribution in [1.82, 2.24) is 0 Å². The van der Waals surface area contributed by atoms with Crippen molar-refractivity contribution in [1.29, 1.82) is 0 Å². The normalized spacial score (nSPS) is 12.0. The van der Waals surface area contributed by atoms with Crippen molar-refractivity contribution in [3.63, 3.8) is 0 Å². The lowest BCUT2D eigenvalue weighted by molar-refractivity contribution is 0.342. The van der Waals surface area contributed by atoms with E-state index in [2.05, 4.69) is 12.1 Å². The summed E-state index contributed by atoms with van der Waals surface area (Å²) in [5.74, 6) is 0. The fraction of sp³-hybridized carbons (Fsp3) is 0.100. The summed E-state index contributed by atoms with van der Waals surface area (Å²) >= 11 is 0. The molecule has 0 fully saturated rings. The molecule has 1 unspecified atom stereocenters. The predicted molar refractivity (Wildman–Crippen MR) is 85.9 cm³/mol. The van der Waals surface area contributed by atoms with Crippen molar-refractivity contribution >= 4 is 0 Å². The summed E-state index contributed by atoms with van der Waals surface area (Å²) in [6.07, 6.45) is -0.539. The molecule has 0 saturated carbocycles. The smallest absolute Gasteiger partial charge is 0.129 e. The number of hydrogen-bond donors (Lipinski definition) is 0. The third-order valence-corrected chi connectivity index (χ3v) is 3.64. The topological polar surface area (TPSA) is 0 Å². The lowest BCUT2D eigenvalue weighted by atomic mass is 9.99. The highest BCUT2D eigenvalue weighted by Crippen LogP contribution is 2.25. The Morgan fingerprint density at radius 3 is 1.76 bits per heavy atom. The van der Waals surface area contributed by atoms with Crippen LogP contribution in [0.15, 0.2) is 84.9 Å². The standard InChI is InChI=1S/C20H17F/c21-20(15-16-7-3-1-4-8-16)19-13-11-18(12-14-19)17-9-5-2-6-10-17/h1-14,20H,15H2. The Labute approximate surface area is 124 Å². The van der Waals surface area contributed by atoms with Gasteiger partial charge in [0.15, 0.2) is 0 Å². The van der Waals surface area contributed by atoms with E-state index in [1.165, 1.54) is 0 Å². The Balaban J connectivity index is 1.75. The number of alkyl halides is 1. The van der Waals surface area contributed by atoms with E-state index in [0.717, 1.165) is 22.3 Å². The van der Waals surface area contributed by atoms with E-state index in [-0.39, 0.29) is 0 Å². The summed E-state index contributed by atoms with van der Waals surface area (Å²) in [5.41, 5.74) is 4.03. The van der Waals surface area contributed by atoms with Gasteiger partial charge < -0.3 is 0 Å². The molecule has 0 spiro atoms. The van der Waals surface area contributed by atoms with Crippen LogP contribution in [-0.2, 0) is 6.42 Å². The molecule has 0 aliphatic carbocycles. The van der Waals surface area contributed by atoms with E-state index < -0.39 is 6.17 Å². The number of hydrogen-bond acceptors (Lipinski definition) is 0. The second-order valence-corrected chi connectivity index (χ2v) is 5.15. The van der Waals surface area contributed by atoms with Crippen LogP contribution in [0.1, 0.15) is 17.3 Å². The van der Waals surface area contributed by atoms with Crippen LogP contribution in [0.5, 0.6) is 0 Å². The molecule has 0 nitrogen and oxygen atoms in total. The molecule has 0 amide bonds. The molecule has 1 atom stereocenters. The summed E-state index contributed by atoms with van der Waals surface area (Å²) in [4.78, 5) is 0. The molecule has 0 aliphatic rings. The first-order valence-electron chi connectivity index (χ1n) is 7.16. The third kappa shape index (κ3) is 3.38. The number of rotatable bonds is 4. The predicted octanol–water partition coefficient (Wildman–Crippen LogP) is 5.61. The molecular formula is C20H17F. The van der Waals surface area contributed by atoms with Crippen LogP contribution in [0.4, 0.5) is 4.39 Å². The van der Waals surface area contributed by atoms with Crippen molar-refractivity contribution in [2.24, 2.45) is 0 Å². The Hall–Kier alpha value is -2.41. The largest absolute Gasteiger partial charge is 0.242 e. The van der Waals surface area contributed by atoms with Crippen LogP contribution in [0.3, 0.4) is 0 Å². The van der Waals surface area contributed by atoms with Gasteiger partial charge >= 0.3 is 0 Å². The maximum atomic E-state index is 14.4. The summed E-state index contributed by atoms with van der Waals surface area (Å²) in [5, 5.41) is 0. The molecule has 0 saturated heterocycles. The van der Waals surface area contributed by atoms with E-state index in [1.54, 1.807) is 0 Å². The summed E-state index contributed by atoms with van der Waals surface area (Å²) in [7, 11) is 0. The molecule has 0 radical (unpaired) electrons. The van der Waals surface area contributed by atoms with Gasteiger partial charge in [0.2, 0.25) is 0 Å². The van der Waals surface area contributed by atoms with Crippen LogP contribution >= 0.6 is 0 Å². The fourth-order valence-electron chi connectivity index (χ4n) is 2.45. The van der Waals surface area contributed by atoms with Gasteiger partial charge in [0, 0.05) is 6.42 Å². The van der Waals surface area contributed by atoms with E-state index in [0.29, 0.717) is 6.42 Å². The zero-order chi connectivity index (χ0) is 14.5. The average molecular weight is 276 g/mol. The molecule has 3 aromatic carbocycles. The second-order valence-electron chi connectivity index (χ2n) is 5.15. The molecule has 1 heteroatoms. The van der Waals surface area contributed by atoms with E-state index in [1.807, 2.05) is 72.8 Å². The van der Waals surface area contributed by atoms with Gasteiger partial charge in [-0.25, -0.2) is 4.39 Å². The van der Waals surface area contributed by atoms with Gasteiger partial charge in [-0.15, -0.1) is 0 Å². The number of benzene rings is 3. The molecule has 0 aromatic heterocycles. The Bertz CT molecular complexity index is 672. The number of halogens is 1. The fourth-order valence-corrected chi connectivity index (χ4v) is 2.45. The molecule has 3 rings (SSSR count). The molecular weight excluding hydrogens is 259 g/mol. The van der Waals surface area contributed by atoms with Crippen LogP contribution in [-0.4, -0.2) is 0 Å². The first kappa shape index (κ1) is 13.6. The molecule has 104 valence electrons. The Morgan fingerprint density at radius 1 is 0.619 bits per heavy atom. The zero-order valence-electron chi connectivity index (χ0n) is 11.7. The zero-order valence-corrected chi connectivity index (χ0v) is 11.7. The highest BCUT2D eigenvalue weighted by Gasteiger charge is 2.10. The van der Waals surface area contributed by atoms with E-state index in [4.69, 9.17) is 0 Å². The van der Waals surface area contributed by atoms with Crippen LogP contribution in [0, 0.1) is 0 Å². The molecule has 0 aliphatic heterocycles. The molecule has 21 heavy (non-hydrogen) atoms. The van der Waals surface area contributed by atoms with Gasteiger partial charge in [-0.2, -0.15) is 0 Å². The van der Waals surface area contributed by atoms with Gasteiger partial charge in [0.25, 0.3) is 0 Å². The lowest BCUT2D eigenvalue weighted by Crippen LogP contribution is -1.96. The van der Waals surface area contributed by atoms with Crippen molar-refractivity contribution in [3.05, 3.63) is 96.1 Å². The summed E-state index contributed by atoms with van der Waals surface area (Å²) < 4.78 is 14.4. The summed E-state index contributed by atoms with van der Waals surface area (Å²) in [6.45, 7) is 0. The van der Waals surface area contributed by atoms with Crippen molar-refractivity contribution in [3.8, 4) is 11.1 Å². The maximum absolute atomic E-state index is 14.4. The van der Waals surface area contributed by atoms with Crippen LogP contribution in [0.2, 0.25) is 0 Å². The highest BCUT2D eigenvalue weighted by molar-refractivity contribution is 5.63. The first-order chi connectivity index (χ1) is 10.3. The SMILES string of the molecule is FC(Cc1ccccc1)c1ccc(-c2ccccc2)cc1. The van der Waals surface area contributed by atoms with Crippen LogP contribution in [0.25, 0.3) is 11.1 Å². The van der Waals surface area contributed by atoms with Crippen molar-refractivity contribution in [2.45, 2.75) is 12.6 Å². The minimum absolute atomic E-state index is 0.422. The van der Waals surface area contributed by atoms with Gasteiger partial charge in [-0.1, -0.05) is 84.9 Å². The molecule has 0 bridgehead atoms. The average Bonchev–Trinajstić information content (AvgIpc) is 2.57. The molecule has 0 N–H and O–H groups in total. The first-order valence-corrected chi connectivity index (χ1v) is 7.16. The Morgan fingerprint density at radius 2 is 1.14 bits per heavy atom. The molecule has 0 heterocycles.